The number of rotatable bonds is 4. The van der Waals surface area contributed by atoms with Gasteiger partial charge in [-0.1, -0.05) is 0 Å². The van der Waals surface area contributed by atoms with Crippen LogP contribution in [0, 0.1) is 0 Å². The predicted molar refractivity (Wildman–Crippen MR) is 79.6 cm³/mol. The molecule has 0 saturated carbocycles. The van der Waals surface area contributed by atoms with Crippen molar-refractivity contribution in [3.8, 4) is 0 Å². The van der Waals surface area contributed by atoms with E-state index in [4.69, 9.17) is 5.73 Å². The molecule has 1 aromatic rings. The van der Waals surface area contributed by atoms with E-state index in [-0.39, 0.29) is 17.0 Å². The van der Waals surface area contributed by atoms with Crippen LogP contribution in [-0.2, 0) is 14.6 Å². The largest absolute Gasteiger partial charge is 0.328 e. The monoisotopic (exact) mass is 312 g/mol. The normalized spacial score (nSPS) is 17.6. The van der Waals surface area contributed by atoms with Gasteiger partial charge in [0.05, 0.1) is 18.4 Å². The molecule has 0 spiro atoms. The molecule has 1 fully saturated rings. The van der Waals surface area contributed by atoms with Crippen molar-refractivity contribution in [2.75, 3.05) is 31.2 Å². The molecular weight excluding hydrogens is 292 g/mol. The number of amides is 1. The van der Waals surface area contributed by atoms with Crippen LogP contribution in [0.2, 0.25) is 0 Å². The average Bonchev–Trinajstić information content (AvgIpc) is 2.41. The maximum atomic E-state index is 11.9. The lowest BCUT2D eigenvalue weighted by atomic mass is 10.1. The number of nitrogens with zero attached hydrogens (tertiary/aromatic N) is 2. The maximum Gasteiger partial charge on any atom is 0.238 e. The summed E-state index contributed by atoms with van der Waals surface area (Å²) in [6, 6.07) is 3.15. The van der Waals surface area contributed by atoms with Gasteiger partial charge in [0.2, 0.25) is 5.91 Å². The van der Waals surface area contributed by atoms with E-state index in [1.54, 1.807) is 0 Å². The van der Waals surface area contributed by atoms with Gasteiger partial charge in [-0.2, -0.15) is 0 Å². The van der Waals surface area contributed by atoms with E-state index >= 15 is 0 Å². The molecule has 7 nitrogen and oxygen atoms in total. The van der Waals surface area contributed by atoms with Crippen LogP contribution in [0.4, 0.5) is 5.69 Å². The molecule has 1 aliphatic rings. The lowest BCUT2D eigenvalue weighted by molar-refractivity contribution is -0.117. The van der Waals surface area contributed by atoms with E-state index in [0.29, 0.717) is 12.2 Å². The molecule has 8 heteroatoms. The van der Waals surface area contributed by atoms with Gasteiger partial charge in [-0.3, -0.25) is 9.69 Å². The van der Waals surface area contributed by atoms with Gasteiger partial charge in [-0.05, 0) is 25.0 Å². The second kappa shape index (κ2) is 6.50. The molecule has 0 atom stereocenters. The Balaban J connectivity index is 1.88. The van der Waals surface area contributed by atoms with Crippen molar-refractivity contribution in [2.45, 2.75) is 23.9 Å². The van der Waals surface area contributed by atoms with Crippen LogP contribution in [0.3, 0.4) is 0 Å². The summed E-state index contributed by atoms with van der Waals surface area (Å²) >= 11 is 0. The molecule has 1 aliphatic heterocycles. The third kappa shape index (κ3) is 4.76. The molecule has 0 aromatic carbocycles. The zero-order chi connectivity index (χ0) is 15.5. The zero-order valence-corrected chi connectivity index (χ0v) is 12.8. The summed E-state index contributed by atoms with van der Waals surface area (Å²) in [5.74, 6) is -0.139. The van der Waals surface area contributed by atoms with Gasteiger partial charge in [0.1, 0.15) is 0 Å². The average molecular weight is 312 g/mol. The van der Waals surface area contributed by atoms with Crippen LogP contribution in [-0.4, -0.2) is 56.1 Å². The van der Waals surface area contributed by atoms with Gasteiger partial charge in [0.25, 0.3) is 0 Å². The first-order chi connectivity index (χ1) is 9.84. The van der Waals surface area contributed by atoms with E-state index in [1.807, 2.05) is 0 Å². The number of sulfone groups is 1. The summed E-state index contributed by atoms with van der Waals surface area (Å²) in [4.78, 5) is 17.8. The number of piperidine rings is 1. The fourth-order valence-corrected chi connectivity index (χ4v) is 2.75. The first-order valence-electron chi connectivity index (χ1n) is 6.78. The lowest BCUT2D eigenvalue weighted by Crippen LogP contribution is -2.43. The van der Waals surface area contributed by atoms with Crippen molar-refractivity contribution >= 4 is 21.4 Å². The fraction of sp³-hybridized carbons (Fsp3) is 0.538. The van der Waals surface area contributed by atoms with Crippen molar-refractivity contribution in [3.63, 3.8) is 0 Å². The lowest BCUT2D eigenvalue weighted by Gasteiger charge is -2.29. The van der Waals surface area contributed by atoms with Crippen LogP contribution >= 0.6 is 0 Å². The molecular formula is C13H20N4O3S. The van der Waals surface area contributed by atoms with Crippen LogP contribution in [0.5, 0.6) is 0 Å². The number of pyridine rings is 1. The van der Waals surface area contributed by atoms with Crippen molar-refractivity contribution in [1.29, 1.82) is 0 Å². The Morgan fingerprint density at radius 2 is 2.10 bits per heavy atom. The van der Waals surface area contributed by atoms with Crippen molar-refractivity contribution in [1.82, 2.24) is 9.88 Å². The van der Waals surface area contributed by atoms with Gasteiger partial charge >= 0.3 is 0 Å². The molecule has 0 unspecified atom stereocenters. The molecule has 21 heavy (non-hydrogen) atoms. The van der Waals surface area contributed by atoms with E-state index in [1.165, 1.54) is 18.3 Å². The Bertz CT molecular complexity index is 592. The third-order valence-corrected chi connectivity index (χ3v) is 4.40. The van der Waals surface area contributed by atoms with Gasteiger partial charge in [-0.15, -0.1) is 0 Å². The molecule has 1 aromatic heterocycles. The topological polar surface area (TPSA) is 105 Å². The van der Waals surface area contributed by atoms with Crippen molar-refractivity contribution in [3.05, 3.63) is 18.3 Å². The highest BCUT2D eigenvalue weighted by Crippen LogP contribution is 2.11. The number of hydrogen-bond donors (Lipinski definition) is 2. The first kappa shape index (κ1) is 15.9. The molecule has 1 amide bonds. The Hall–Kier alpha value is -1.51. The summed E-state index contributed by atoms with van der Waals surface area (Å²) in [7, 11) is -3.32. The quantitative estimate of drug-likeness (QED) is 0.801. The summed E-state index contributed by atoms with van der Waals surface area (Å²) in [6.07, 6.45) is 4.24. The Labute approximate surface area is 124 Å². The van der Waals surface area contributed by atoms with Crippen LogP contribution < -0.4 is 11.1 Å². The van der Waals surface area contributed by atoms with Crippen molar-refractivity contribution < 1.29 is 13.2 Å². The molecule has 116 valence electrons. The summed E-state index contributed by atoms with van der Waals surface area (Å²) in [5.41, 5.74) is 6.30. The predicted octanol–water partition coefficient (Wildman–Crippen LogP) is -0.153. The van der Waals surface area contributed by atoms with E-state index in [2.05, 4.69) is 15.2 Å². The van der Waals surface area contributed by atoms with Crippen LogP contribution in [0.25, 0.3) is 0 Å². The Morgan fingerprint density at radius 1 is 1.43 bits per heavy atom. The van der Waals surface area contributed by atoms with Crippen molar-refractivity contribution in [2.24, 2.45) is 5.73 Å². The second-order valence-electron chi connectivity index (χ2n) is 5.32. The number of hydrogen-bond acceptors (Lipinski definition) is 6. The highest BCUT2D eigenvalue weighted by molar-refractivity contribution is 7.90. The minimum Gasteiger partial charge on any atom is -0.328 e. The minimum absolute atomic E-state index is 0.00878. The standard InChI is InChI=1S/C13H20N4O3S/c1-21(19,20)13-3-2-11(8-15-13)16-12(18)9-17-6-4-10(14)5-7-17/h2-3,8,10H,4-7,9,14H2,1H3,(H,16,18). The Kier molecular flexibility index (Phi) is 4.92. The van der Waals surface area contributed by atoms with Crippen LogP contribution in [0.15, 0.2) is 23.4 Å². The summed E-state index contributed by atoms with van der Waals surface area (Å²) in [6.45, 7) is 1.94. The van der Waals surface area contributed by atoms with Gasteiger partial charge in [-0.25, -0.2) is 13.4 Å². The SMILES string of the molecule is CS(=O)(=O)c1ccc(NC(=O)CN2CCC(N)CC2)cn1. The molecule has 2 rings (SSSR count). The maximum absolute atomic E-state index is 11.9. The second-order valence-corrected chi connectivity index (χ2v) is 7.28. The molecule has 0 bridgehead atoms. The number of likely N-dealkylation sites (tertiary alicyclic amines) is 1. The number of carbonyl (C=O) groups is 1. The number of carbonyl (C=O) groups excluding carboxylic acids is 1. The smallest absolute Gasteiger partial charge is 0.238 e. The van der Waals surface area contributed by atoms with Crippen LogP contribution in [0.1, 0.15) is 12.8 Å². The summed E-state index contributed by atoms with van der Waals surface area (Å²) < 4.78 is 22.6. The fourth-order valence-electron chi connectivity index (χ4n) is 2.19. The zero-order valence-electron chi connectivity index (χ0n) is 11.9. The molecule has 0 radical (unpaired) electrons. The highest BCUT2D eigenvalue weighted by Gasteiger charge is 2.18. The molecule has 3 N–H and O–H groups in total. The van der Waals surface area contributed by atoms with Gasteiger partial charge in [0.15, 0.2) is 14.9 Å². The van der Waals surface area contributed by atoms with E-state index in [0.717, 1.165) is 32.2 Å². The number of nitrogens with one attached hydrogen (secondary N) is 1. The van der Waals surface area contributed by atoms with E-state index in [9.17, 15) is 13.2 Å². The summed E-state index contributed by atoms with van der Waals surface area (Å²) in [5, 5.41) is 2.70. The van der Waals surface area contributed by atoms with Gasteiger partial charge in [0, 0.05) is 25.4 Å². The first-order valence-corrected chi connectivity index (χ1v) is 8.67. The number of aromatic nitrogens is 1. The number of nitrogens with two attached hydrogens (primary N) is 1. The van der Waals surface area contributed by atoms with E-state index < -0.39 is 9.84 Å². The molecule has 0 aliphatic carbocycles. The third-order valence-electron chi connectivity index (χ3n) is 3.40. The Morgan fingerprint density at radius 3 is 2.62 bits per heavy atom. The molecule has 2 heterocycles. The highest BCUT2D eigenvalue weighted by atomic mass is 32.2. The van der Waals surface area contributed by atoms with Gasteiger partial charge < -0.3 is 11.1 Å². The number of anilines is 1. The minimum atomic E-state index is -3.32. The molecule has 1 saturated heterocycles.